The van der Waals surface area contributed by atoms with E-state index in [4.69, 9.17) is 4.74 Å². The summed E-state index contributed by atoms with van der Waals surface area (Å²) in [5.74, 6) is 3.29. The summed E-state index contributed by atoms with van der Waals surface area (Å²) in [6.07, 6.45) is 16.0. The highest BCUT2D eigenvalue weighted by atomic mass is 32.1. The van der Waals surface area contributed by atoms with Gasteiger partial charge in [0.25, 0.3) is 6.47 Å². The summed E-state index contributed by atoms with van der Waals surface area (Å²) in [6.45, 7) is 18.9. The number of hydrogen-bond acceptors (Lipinski definition) is 8. The number of nitrogens with zero attached hydrogens (tertiary/aromatic N) is 2. The molecule has 2 fully saturated rings. The highest BCUT2D eigenvalue weighted by Crippen LogP contribution is 2.42. The minimum absolute atomic E-state index is 0.0114. The predicted octanol–water partition coefficient (Wildman–Crippen LogP) is 9.66. The Balaban J connectivity index is 0.000000272. The summed E-state index contributed by atoms with van der Waals surface area (Å²) in [7, 11) is 1.61. The molecular weight excluding hydrogens is 675 g/mol. The summed E-state index contributed by atoms with van der Waals surface area (Å²) in [5.41, 5.74) is 2.54. The third-order valence-corrected chi connectivity index (χ3v) is 10.0. The molecule has 1 amide bonds. The number of benzene rings is 1. The monoisotopic (exact) mass is 735 g/mol. The van der Waals surface area contributed by atoms with E-state index in [1.165, 1.54) is 19.3 Å². The zero-order chi connectivity index (χ0) is 38.5. The molecule has 2 aliphatic rings. The first-order valence-electron chi connectivity index (χ1n) is 18.8. The van der Waals surface area contributed by atoms with Crippen LogP contribution in [0.5, 0.6) is 5.75 Å². The summed E-state index contributed by atoms with van der Waals surface area (Å²) < 4.78 is 9.36. The molecule has 9 nitrogen and oxygen atoms in total. The molecule has 1 saturated heterocycles. The van der Waals surface area contributed by atoms with Crippen molar-refractivity contribution < 1.29 is 23.9 Å². The van der Waals surface area contributed by atoms with E-state index >= 15 is 0 Å². The molecule has 0 bridgehead atoms. The maximum atomic E-state index is 12.2. The normalized spacial score (nSPS) is 17.1. The number of H-pyrrole nitrogens is 1. The van der Waals surface area contributed by atoms with Gasteiger partial charge in [0.05, 0.1) is 36.7 Å². The molecule has 286 valence electrons. The van der Waals surface area contributed by atoms with Crippen molar-refractivity contribution in [2.24, 2.45) is 11.8 Å². The number of Topliss-reactive ketones (excluding diaryl/α,β-unsaturated/α-hetero) is 1. The van der Waals surface area contributed by atoms with E-state index in [9.17, 15) is 19.2 Å². The van der Waals surface area contributed by atoms with Crippen LogP contribution in [0.15, 0.2) is 59.7 Å². The predicted molar refractivity (Wildman–Crippen MR) is 214 cm³/mol. The molecule has 1 aliphatic heterocycles. The van der Waals surface area contributed by atoms with Gasteiger partial charge in [-0.1, -0.05) is 58.6 Å². The number of fused-ring (bicyclic) bond motifs is 1. The van der Waals surface area contributed by atoms with Crippen LogP contribution in [0.2, 0.25) is 0 Å². The summed E-state index contributed by atoms with van der Waals surface area (Å²) in [6, 6.07) is 6.86. The molecule has 2 unspecified atom stereocenters. The zero-order valence-corrected chi connectivity index (χ0v) is 33.1. The molecule has 1 saturated carbocycles. The van der Waals surface area contributed by atoms with Crippen molar-refractivity contribution in [3.63, 3.8) is 0 Å². The quantitative estimate of drug-likeness (QED) is 0.0884. The van der Waals surface area contributed by atoms with Gasteiger partial charge >= 0.3 is 0 Å². The Kier molecular flexibility index (Phi) is 20.6. The Bertz CT molecular complexity index is 1610. The Morgan fingerprint density at radius 2 is 1.88 bits per heavy atom. The van der Waals surface area contributed by atoms with Gasteiger partial charge in [-0.25, -0.2) is 4.98 Å². The minimum Gasteiger partial charge on any atom is -0.497 e. The number of carbonyl (C=O) groups is 3. The molecule has 3 heterocycles. The van der Waals surface area contributed by atoms with Crippen LogP contribution < -0.4 is 10.2 Å². The number of likely N-dealkylation sites (tertiary alicyclic amines) is 1. The highest BCUT2D eigenvalue weighted by Gasteiger charge is 2.32. The summed E-state index contributed by atoms with van der Waals surface area (Å²) in [4.78, 5) is 54.5. The number of aromatic amines is 1. The molecule has 10 heteroatoms. The molecular formula is C42H61N3O6S. The molecule has 1 aromatic carbocycles. The van der Waals surface area contributed by atoms with Crippen LogP contribution in [0.1, 0.15) is 117 Å². The van der Waals surface area contributed by atoms with Crippen molar-refractivity contribution in [1.29, 1.82) is 0 Å². The number of amides is 1. The van der Waals surface area contributed by atoms with E-state index < -0.39 is 0 Å². The Morgan fingerprint density at radius 3 is 2.44 bits per heavy atom. The average molecular weight is 736 g/mol. The maximum absolute atomic E-state index is 12.2. The van der Waals surface area contributed by atoms with Crippen molar-refractivity contribution in [2.45, 2.75) is 117 Å². The first kappa shape index (κ1) is 44.1. The van der Waals surface area contributed by atoms with Crippen LogP contribution in [0, 0.1) is 11.8 Å². The lowest BCUT2D eigenvalue weighted by Gasteiger charge is -2.22. The standard InChI is InChI=1S/C16H16N2O2S.C15H25NO2.C8H14.C3H6O2/c1-9(2)14-8-21-16(18-14)13-7-15(19)11-5-4-10(20-3)6-12(11)17-13;1-3-4-5-6-7-8-11-15(18)16-12-9-10-14(16)13(2)17;1-3-5-8-6-7(8)4-2;1-2-5-3-4/h4-9H,1-3H3,(H,17,19);3,14H,1,4-12H2,2H3;4,7-8H,2-3,5-6H2,1H3;3H,2H2,1H3/t;;7-,8?;/m..1./s1. The van der Waals surface area contributed by atoms with Gasteiger partial charge in [-0.2, -0.15) is 0 Å². The number of rotatable bonds is 16. The molecule has 1 N–H and O–H groups in total. The molecule has 2 aromatic heterocycles. The molecule has 1 aliphatic carbocycles. The van der Waals surface area contributed by atoms with E-state index in [1.807, 2.05) is 17.5 Å². The second-order valence-electron chi connectivity index (χ2n) is 13.5. The molecule has 0 radical (unpaired) electrons. The minimum atomic E-state index is -0.140. The first-order valence-corrected chi connectivity index (χ1v) is 19.7. The van der Waals surface area contributed by atoms with Crippen molar-refractivity contribution >= 4 is 40.4 Å². The number of ether oxygens (including phenoxy) is 2. The van der Waals surface area contributed by atoms with Gasteiger partial charge in [-0.05, 0) is 82.3 Å². The highest BCUT2D eigenvalue weighted by molar-refractivity contribution is 7.13. The fourth-order valence-electron chi connectivity index (χ4n) is 6.03. The Morgan fingerprint density at radius 1 is 1.13 bits per heavy atom. The average Bonchev–Trinajstić information content (AvgIpc) is 3.47. The number of allylic oxidation sites excluding steroid dienone is 2. The maximum Gasteiger partial charge on any atom is 0.293 e. The van der Waals surface area contributed by atoms with Gasteiger partial charge in [0.15, 0.2) is 11.2 Å². The van der Waals surface area contributed by atoms with E-state index in [0.717, 1.165) is 91.0 Å². The van der Waals surface area contributed by atoms with Crippen LogP contribution in [0.25, 0.3) is 21.6 Å². The lowest BCUT2D eigenvalue weighted by Crippen LogP contribution is -2.39. The van der Waals surface area contributed by atoms with Crippen LogP contribution in [0.4, 0.5) is 0 Å². The van der Waals surface area contributed by atoms with Gasteiger partial charge in [0.1, 0.15) is 10.8 Å². The lowest BCUT2D eigenvalue weighted by molar-refractivity contribution is -0.137. The largest absolute Gasteiger partial charge is 0.497 e. The number of aromatic nitrogens is 2. The van der Waals surface area contributed by atoms with Crippen LogP contribution in [-0.4, -0.2) is 59.3 Å². The first-order chi connectivity index (χ1) is 25.0. The Hall–Kier alpha value is -4.05. The van der Waals surface area contributed by atoms with E-state index in [0.29, 0.717) is 30.8 Å². The van der Waals surface area contributed by atoms with Crippen LogP contribution in [-0.2, 0) is 19.1 Å². The number of carbonyl (C=O) groups excluding carboxylic acids is 3. The molecule has 3 aromatic rings. The number of unbranched alkanes of at least 4 members (excludes halogenated alkanes) is 4. The SMILES string of the molecule is C=CCCCCCCC(=O)N1CCCC1C(C)=O.C=C[C@@H]1CC1CCC.CCOC=O.COc1ccc2c(=O)cc(-c3nc(C(C)C)cs3)[nH]c2c1. The van der Waals surface area contributed by atoms with Gasteiger partial charge < -0.3 is 19.4 Å². The third kappa shape index (κ3) is 14.9. The van der Waals surface area contributed by atoms with Crippen molar-refractivity contribution in [1.82, 2.24) is 14.9 Å². The zero-order valence-electron chi connectivity index (χ0n) is 32.3. The number of methoxy groups -OCH3 is 1. The smallest absolute Gasteiger partial charge is 0.293 e. The van der Waals surface area contributed by atoms with Crippen LogP contribution in [0.3, 0.4) is 0 Å². The molecule has 0 spiro atoms. The lowest BCUT2D eigenvalue weighted by atomic mass is 10.1. The third-order valence-electron chi connectivity index (χ3n) is 9.15. The van der Waals surface area contributed by atoms with Crippen molar-refractivity contribution in [3.05, 3.63) is 70.9 Å². The molecule has 52 heavy (non-hydrogen) atoms. The van der Waals surface area contributed by atoms with E-state index in [-0.39, 0.29) is 23.2 Å². The second-order valence-corrected chi connectivity index (χ2v) is 14.4. The second kappa shape index (κ2) is 24.2. The van der Waals surface area contributed by atoms with Gasteiger partial charge in [-0.3, -0.25) is 19.2 Å². The molecule has 5 rings (SSSR count). The van der Waals surface area contributed by atoms with Crippen molar-refractivity contribution in [2.75, 3.05) is 20.3 Å². The van der Waals surface area contributed by atoms with E-state index in [2.05, 4.69) is 54.7 Å². The summed E-state index contributed by atoms with van der Waals surface area (Å²) in [5, 5.41) is 3.52. The van der Waals surface area contributed by atoms with Gasteiger partial charge in [-0.15, -0.1) is 24.5 Å². The number of pyridine rings is 1. The Labute approximate surface area is 314 Å². The van der Waals surface area contributed by atoms with Gasteiger partial charge in [0, 0.05) is 35.9 Å². The van der Waals surface area contributed by atoms with Crippen molar-refractivity contribution in [3.8, 4) is 16.5 Å². The number of thiazole rings is 1. The number of ketones is 1. The fourth-order valence-corrected chi connectivity index (χ4v) is 6.98. The number of nitrogens with one attached hydrogen (secondary N) is 1. The van der Waals surface area contributed by atoms with Crippen LogP contribution >= 0.6 is 11.3 Å². The molecule has 3 atom stereocenters. The fraction of sp³-hybridized carbons (Fsp3) is 0.548. The van der Waals surface area contributed by atoms with Gasteiger partial charge in [0.2, 0.25) is 5.91 Å². The topological polar surface area (TPSA) is 119 Å². The van der Waals surface area contributed by atoms with E-state index in [1.54, 1.807) is 55.4 Å². The summed E-state index contributed by atoms with van der Waals surface area (Å²) >= 11 is 1.55. The number of hydrogen-bond donors (Lipinski definition) is 1.